The summed E-state index contributed by atoms with van der Waals surface area (Å²) in [6.45, 7) is 7.17. The van der Waals surface area contributed by atoms with Gasteiger partial charge < -0.3 is 19.5 Å². The molecule has 0 radical (unpaired) electrons. The van der Waals surface area contributed by atoms with Crippen LogP contribution in [0.1, 0.15) is 35.3 Å². The third-order valence-corrected chi connectivity index (χ3v) is 8.75. The van der Waals surface area contributed by atoms with Gasteiger partial charge in [-0.15, -0.1) is 0 Å². The van der Waals surface area contributed by atoms with Crippen molar-refractivity contribution < 1.29 is 27.8 Å². The first-order valence-corrected chi connectivity index (χ1v) is 15.1. The van der Waals surface area contributed by atoms with E-state index in [0.717, 1.165) is 16.9 Å². The summed E-state index contributed by atoms with van der Waals surface area (Å²) in [6.07, 6.45) is -0.270. The molecular formula is C31H39N3O6S. The van der Waals surface area contributed by atoms with Crippen molar-refractivity contribution in [2.75, 3.05) is 38.6 Å². The van der Waals surface area contributed by atoms with Gasteiger partial charge in [-0.25, -0.2) is 8.42 Å². The first-order valence-electron chi connectivity index (χ1n) is 13.6. The highest BCUT2D eigenvalue weighted by atomic mass is 32.2. The summed E-state index contributed by atoms with van der Waals surface area (Å²) in [5.74, 6) is 0.806. The van der Waals surface area contributed by atoms with E-state index in [-0.39, 0.29) is 40.7 Å². The van der Waals surface area contributed by atoms with Gasteiger partial charge in [-0.2, -0.15) is 0 Å². The predicted octanol–water partition coefficient (Wildman–Crippen LogP) is 4.16. The molecule has 3 aromatic rings. The van der Waals surface area contributed by atoms with Gasteiger partial charge in [-0.05, 0) is 68.9 Å². The molecule has 4 rings (SSSR count). The van der Waals surface area contributed by atoms with E-state index in [0.29, 0.717) is 25.4 Å². The van der Waals surface area contributed by atoms with Crippen molar-refractivity contribution in [2.45, 2.75) is 44.4 Å². The summed E-state index contributed by atoms with van der Waals surface area (Å²) in [6, 6.07) is 18.8. The number of rotatable bonds is 10. The van der Waals surface area contributed by atoms with Gasteiger partial charge in [0.25, 0.3) is 15.9 Å². The number of fused-ring (bicyclic) bond motifs is 1. The summed E-state index contributed by atoms with van der Waals surface area (Å²) in [4.78, 5) is 17.6. The van der Waals surface area contributed by atoms with Crippen molar-refractivity contribution in [1.29, 1.82) is 0 Å². The van der Waals surface area contributed by atoms with Crippen molar-refractivity contribution in [3.05, 3.63) is 83.4 Å². The minimum absolute atomic E-state index is 0.0425. The topological polar surface area (TPSA) is 108 Å². The smallest absolute Gasteiger partial charge is 0.261 e. The summed E-state index contributed by atoms with van der Waals surface area (Å²) in [7, 11) is -0.210. The Hall–Kier alpha value is -3.60. The Balaban J connectivity index is 1.61. The lowest BCUT2D eigenvalue weighted by Gasteiger charge is -2.38. The number of methoxy groups -OCH3 is 1. The summed E-state index contributed by atoms with van der Waals surface area (Å²) >= 11 is 0. The molecule has 2 N–H and O–H groups in total. The van der Waals surface area contributed by atoms with Gasteiger partial charge in [0.15, 0.2) is 0 Å². The standard InChI is InChI=1S/C31H39N3O6S/c1-21-6-13-27(14-7-21)41(37,38)32-25-10-15-29-28(16-25)31(36)34(23(3)20-35)17-22(2)30(40-29)19-33(4)18-24-8-11-26(39-5)12-9-24/h6-16,22-23,30,32,35H,17-20H2,1-5H3/t22-,23-,30-/m0/s1. The Morgan fingerprint density at radius 3 is 2.44 bits per heavy atom. The first kappa shape index (κ1) is 30.4. The number of hydrogen-bond donors (Lipinski definition) is 2. The molecule has 220 valence electrons. The number of nitrogens with one attached hydrogen (secondary N) is 1. The number of carbonyl (C=O) groups excluding carboxylic acids is 1. The van der Waals surface area contributed by atoms with E-state index < -0.39 is 16.1 Å². The van der Waals surface area contributed by atoms with Crippen LogP contribution in [-0.2, 0) is 16.6 Å². The fourth-order valence-corrected chi connectivity index (χ4v) is 5.90. The minimum Gasteiger partial charge on any atom is -0.497 e. The Labute approximate surface area is 242 Å². The Morgan fingerprint density at radius 1 is 1.12 bits per heavy atom. The van der Waals surface area contributed by atoms with Gasteiger partial charge >= 0.3 is 0 Å². The van der Waals surface area contributed by atoms with E-state index in [1.165, 1.54) is 6.07 Å². The van der Waals surface area contributed by atoms with Gasteiger partial charge in [0, 0.05) is 31.2 Å². The van der Waals surface area contributed by atoms with Gasteiger partial charge in [0.2, 0.25) is 0 Å². The van der Waals surface area contributed by atoms with Crippen LogP contribution in [0.3, 0.4) is 0 Å². The van der Waals surface area contributed by atoms with Crippen LogP contribution in [0.15, 0.2) is 71.6 Å². The zero-order valence-corrected chi connectivity index (χ0v) is 25.0. The SMILES string of the molecule is COc1ccc(CN(C)C[C@@H]2Oc3ccc(NS(=O)(=O)c4ccc(C)cc4)cc3C(=O)N([C@@H](C)CO)C[C@@H]2C)cc1. The monoisotopic (exact) mass is 581 g/mol. The van der Waals surface area contributed by atoms with Crippen LogP contribution in [0.2, 0.25) is 0 Å². The quantitative estimate of drug-likeness (QED) is 0.370. The number of ether oxygens (including phenoxy) is 2. The number of anilines is 1. The molecule has 0 aliphatic carbocycles. The molecule has 10 heteroatoms. The highest BCUT2D eigenvalue weighted by Gasteiger charge is 2.33. The third-order valence-electron chi connectivity index (χ3n) is 7.35. The third kappa shape index (κ3) is 7.38. The number of sulfonamides is 1. The number of benzene rings is 3. The molecule has 3 atom stereocenters. The molecule has 0 bridgehead atoms. The van der Waals surface area contributed by atoms with Crippen LogP contribution < -0.4 is 14.2 Å². The number of hydrogen-bond acceptors (Lipinski definition) is 7. The van der Waals surface area contributed by atoms with Crippen molar-refractivity contribution in [1.82, 2.24) is 9.80 Å². The lowest BCUT2D eigenvalue weighted by Crippen LogP contribution is -2.49. The number of amides is 1. The zero-order chi connectivity index (χ0) is 29.7. The highest BCUT2D eigenvalue weighted by molar-refractivity contribution is 7.92. The van der Waals surface area contributed by atoms with Crippen LogP contribution >= 0.6 is 0 Å². The Morgan fingerprint density at radius 2 is 1.80 bits per heavy atom. The lowest BCUT2D eigenvalue weighted by molar-refractivity contribution is 0.0341. The molecule has 0 saturated heterocycles. The molecule has 0 unspecified atom stereocenters. The highest BCUT2D eigenvalue weighted by Crippen LogP contribution is 2.31. The molecule has 0 fully saturated rings. The van der Waals surface area contributed by atoms with E-state index in [2.05, 4.69) is 9.62 Å². The van der Waals surface area contributed by atoms with Gasteiger partial charge in [-0.1, -0.05) is 36.8 Å². The molecule has 1 amide bonds. The molecule has 3 aromatic carbocycles. The summed E-state index contributed by atoms with van der Waals surface area (Å²) in [5.41, 5.74) is 2.57. The Bertz CT molecular complexity index is 1440. The van der Waals surface area contributed by atoms with Crippen molar-refractivity contribution in [3.8, 4) is 11.5 Å². The van der Waals surface area contributed by atoms with Crippen molar-refractivity contribution >= 4 is 21.6 Å². The average Bonchev–Trinajstić information content (AvgIpc) is 2.95. The number of aryl methyl sites for hydroxylation is 1. The lowest BCUT2D eigenvalue weighted by atomic mass is 9.99. The predicted molar refractivity (Wildman–Crippen MR) is 159 cm³/mol. The van der Waals surface area contributed by atoms with Gasteiger partial charge in [0.05, 0.1) is 30.2 Å². The Kier molecular flexibility index (Phi) is 9.57. The summed E-state index contributed by atoms with van der Waals surface area (Å²) in [5, 5.41) is 9.93. The molecule has 1 aliphatic heterocycles. The van der Waals surface area contributed by atoms with Gasteiger partial charge in [-0.3, -0.25) is 14.4 Å². The molecule has 9 nitrogen and oxygen atoms in total. The second kappa shape index (κ2) is 12.9. The number of likely N-dealkylation sites (N-methyl/N-ethyl adjacent to an activating group) is 1. The van der Waals surface area contributed by atoms with E-state index in [1.54, 1.807) is 55.3 Å². The van der Waals surface area contributed by atoms with E-state index >= 15 is 0 Å². The van der Waals surface area contributed by atoms with Crippen LogP contribution in [-0.4, -0.2) is 75.2 Å². The maximum Gasteiger partial charge on any atom is 0.261 e. The van der Waals surface area contributed by atoms with Crippen molar-refractivity contribution in [3.63, 3.8) is 0 Å². The fraction of sp³-hybridized carbons (Fsp3) is 0.387. The van der Waals surface area contributed by atoms with Crippen LogP contribution in [0.4, 0.5) is 5.69 Å². The second-order valence-electron chi connectivity index (χ2n) is 10.8. The second-order valence-corrected chi connectivity index (χ2v) is 12.5. The van der Waals surface area contributed by atoms with Crippen LogP contribution in [0.5, 0.6) is 11.5 Å². The number of aliphatic hydroxyl groups excluding tert-OH is 1. The molecule has 0 aromatic heterocycles. The van der Waals surface area contributed by atoms with Crippen LogP contribution in [0, 0.1) is 12.8 Å². The maximum atomic E-state index is 13.7. The largest absolute Gasteiger partial charge is 0.497 e. The van der Waals surface area contributed by atoms with Crippen molar-refractivity contribution in [2.24, 2.45) is 5.92 Å². The van der Waals surface area contributed by atoms with E-state index in [4.69, 9.17) is 9.47 Å². The maximum absolute atomic E-state index is 13.7. The fourth-order valence-electron chi connectivity index (χ4n) is 4.85. The number of carbonyl (C=O) groups is 1. The zero-order valence-electron chi connectivity index (χ0n) is 24.2. The molecule has 0 saturated carbocycles. The summed E-state index contributed by atoms with van der Waals surface area (Å²) < 4.78 is 40.3. The molecule has 1 heterocycles. The van der Waals surface area contributed by atoms with Gasteiger partial charge in [0.1, 0.15) is 17.6 Å². The molecule has 41 heavy (non-hydrogen) atoms. The number of nitrogens with zero attached hydrogens (tertiary/aromatic N) is 2. The molecule has 0 spiro atoms. The normalized spacial score (nSPS) is 18.2. The molecular weight excluding hydrogens is 542 g/mol. The molecule has 1 aliphatic rings. The minimum atomic E-state index is -3.86. The number of aliphatic hydroxyl groups is 1. The first-order chi connectivity index (χ1) is 19.5. The van der Waals surface area contributed by atoms with E-state index in [1.807, 2.05) is 45.2 Å². The van der Waals surface area contributed by atoms with Crippen LogP contribution in [0.25, 0.3) is 0 Å². The average molecular weight is 582 g/mol. The van der Waals surface area contributed by atoms with E-state index in [9.17, 15) is 18.3 Å².